The minimum atomic E-state index is -4.25. The molecule has 124 valence electrons. The van der Waals surface area contributed by atoms with E-state index in [1.165, 1.54) is 36.0 Å². The molecule has 0 N–H and O–H groups in total. The van der Waals surface area contributed by atoms with Crippen LogP contribution in [0.4, 0.5) is 26.3 Å². The minimum Gasteiger partial charge on any atom is -0.171 e. The molecule has 0 spiro atoms. The number of halogens is 6. The topological polar surface area (TPSA) is 0 Å². The SMILES string of the molecule is FC(F)(F)Cc1ccc(Sc2ccc(CC(F)(F)F)cc2)cc1. The molecule has 2 rings (SSSR count). The van der Waals surface area contributed by atoms with E-state index in [0.29, 0.717) is 0 Å². The summed E-state index contributed by atoms with van der Waals surface area (Å²) < 4.78 is 73.6. The molecule has 0 aromatic heterocycles. The van der Waals surface area contributed by atoms with Crippen molar-refractivity contribution in [1.29, 1.82) is 0 Å². The number of hydrogen-bond acceptors (Lipinski definition) is 1. The molecule has 0 fully saturated rings. The number of alkyl halides is 6. The Labute approximate surface area is 133 Å². The Balaban J connectivity index is 1.99. The average molecular weight is 350 g/mol. The van der Waals surface area contributed by atoms with Crippen LogP contribution in [0.1, 0.15) is 11.1 Å². The van der Waals surface area contributed by atoms with Crippen LogP contribution in [-0.4, -0.2) is 12.4 Å². The van der Waals surface area contributed by atoms with Gasteiger partial charge in [-0.2, -0.15) is 26.3 Å². The van der Waals surface area contributed by atoms with Gasteiger partial charge in [0.25, 0.3) is 0 Å². The zero-order valence-electron chi connectivity index (χ0n) is 11.7. The van der Waals surface area contributed by atoms with Gasteiger partial charge < -0.3 is 0 Å². The van der Waals surface area contributed by atoms with Gasteiger partial charge >= 0.3 is 12.4 Å². The summed E-state index contributed by atoms with van der Waals surface area (Å²) in [6.45, 7) is 0. The maximum Gasteiger partial charge on any atom is 0.393 e. The third-order valence-electron chi connectivity index (χ3n) is 2.89. The second-order valence-electron chi connectivity index (χ2n) is 4.97. The molecular formula is C16H12F6S. The summed E-state index contributed by atoms with van der Waals surface area (Å²) in [6, 6.07) is 11.8. The van der Waals surface area contributed by atoms with Gasteiger partial charge in [0.1, 0.15) is 0 Å². The molecule has 2 aromatic rings. The Morgan fingerprint density at radius 3 is 1.13 bits per heavy atom. The van der Waals surface area contributed by atoms with Crippen molar-refractivity contribution in [3.63, 3.8) is 0 Å². The average Bonchev–Trinajstić information content (AvgIpc) is 2.40. The molecule has 0 aliphatic rings. The maximum absolute atomic E-state index is 12.3. The summed E-state index contributed by atoms with van der Waals surface area (Å²) in [7, 11) is 0. The lowest BCUT2D eigenvalue weighted by molar-refractivity contribution is -0.128. The lowest BCUT2D eigenvalue weighted by Crippen LogP contribution is -2.11. The maximum atomic E-state index is 12.3. The van der Waals surface area contributed by atoms with Gasteiger partial charge in [0.15, 0.2) is 0 Å². The molecule has 0 aliphatic carbocycles. The Hall–Kier alpha value is -1.63. The number of rotatable bonds is 4. The van der Waals surface area contributed by atoms with Crippen molar-refractivity contribution in [3.05, 3.63) is 59.7 Å². The smallest absolute Gasteiger partial charge is 0.171 e. The zero-order valence-corrected chi connectivity index (χ0v) is 12.5. The highest BCUT2D eigenvalue weighted by Gasteiger charge is 2.28. The van der Waals surface area contributed by atoms with Crippen molar-refractivity contribution in [3.8, 4) is 0 Å². The molecule has 0 saturated heterocycles. The molecule has 2 aromatic carbocycles. The van der Waals surface area contributed by atoms with E-state index in [4.69, 9.17) is 0 Å². The van der Waals surface area contributed by atoms with Gasteiger partial charge in [0.05, 0.1) is 12.8 Å². The Morgan fingerprint density at radius 1 is 0.565 bits per heavy atom. The highest BCUT2D eigenvalue weighted by atomic mass is 32.2. The highest BCUT2D eigenvalue weighted by molar-refractivity contribution is 7.99. The quantitative estimate of drug-likeness (QED) is 0.605. The first-order valence-electron chi connectivity index (χ1n) is 6.60. The second-order valence-corrected chi connectivity index (χ2v) is 6.12. The fourth-order valence-corrected chi connectivity index (χ4v) is 2.77. The van der Waals surface area contributed by atoms with Crippen LogP contribution < -0.4 is 0 Å². The molecule has 0 heterocycles. The molecule has 0 saturated carbocycles. The molecule has 0 aliphatic heterocycles. The Kier molecular flexibility index (Phi) is 5.29. The lowest BCUT2D eigenvalue weighted by Gasteiger charge is -2.08. The van der Waals surface area contributed by atoms with Crippen molar-refractivity contribution in [2.24, 2.45) is 0 Å². The van der Waals surface area contributed by atoms with E-state index >= 15 is 0 Å². The Morgan fingerprint density at radius 2 is 0.870 bits per heavy atom. The Bertz CT molecular complexity index is 568. The summed E-state index contributed by atoms with van der Waals surface area (Å²) in [5.41, 5.74) is 0.338. The van der Waals surface area contributed by atoms with Crippen molar-refractivity contribution in [1.82, 2.24) is 0 Å². The lowest BCUT2D eigenvalue weighted by atomic mass is 10.1. The fraction of sp³-hybridized carbons (Fsp3) is 0.250. The van der Waals surface area contributed by atoms with Crippen LogP contribution in [0.3, 0.4) is 0 Å². The van der Waals surface area contributed by atoms with E-state index < -0.39 is 25.2 Å². The van der Waals surface area contributed by atoms with E-state index in [1.54, 1.807) is 24.3 Å². The number of benzene rings is 2. The van der Waals surface area contributed by atoms with Gasteiger partial charge in [-0.15, -0.1) is 0 Å². The molecular weight excluding hydrogens is 338 g/mol. The van der Waals surface area contributed by atoms with Gasteiger partial charge in [0, 0.05) is 9.79 Å². The van der Waals surface area contributed by atoms with E-state index in [-0.39, 0.29) is 11.1 Å². The van der Waals surface area contributed by atoms with Crippen molar-refractivity contribution < 1.29 is 26.3 Å². The van der Waals surface area contributed by atoms with Crippen LogP contribution in [0.25, 0.3) is 0 Å². The van der Waals surface area contributed by atoms with Crippen molar-refractivity contribution in [2.45, 2.75) is 35.0 Å². The highest BCUT2D eigenvalue weighted by Crippen LogP contribution is 2.30. The van der Waals surface area contributed by atoms with Crippen molar-refractivity contribution in [2.75, 3.05) is 0 Å². The monoisotopic (exact) mass is 350 g/mol. The number of hydrogen-bond donors (Lipinski definition) is 0. The zero-order chi connectivity index (χ0) is 17.1. The van der Waals surface area contributed by atoms with Crippen LogP contribution in [-0.2, 0) is 12.8 Å². The van der Waals surface area contributed by atoms with E-state index in [0.717, 1.165) is 9.79 Å². The first-order chi connectivity index (χ1) is 10.6. The van der Waals surface area contributed by atoms with Crippen LogP contribution in [0.15, 0.2) is 58.3 Å². The minimum absolute atomic E-state index is 0.169. The third kappa shape index (κ3) is 6.56. The first-order valence-corrected chi connectivity index (χ1v) is 7.42. The molecule has 23 heavy (non-hydrogen) atoms. The third-order valence-corrected chi connectivity index (χ3v) is 3.91. The summed E-state index contributed by atoms with van der Waals surface area (Å²) in [5, 5.41) is 0. The molecule has 0 unspecified atom stereocenters. The summed E-state index contributed by atoms with van der Waals surface area (Å²) >= 11 is 1.28. The summed E-state index contributed by atoms with van der Waals surface area (Å²) in [5.74, 6) is 0. The molecule has 0 nitrogen and oxygen atoms in total. The molecule has 0 amide bonds. The molecule has 0 radical (unpaired) electrons. The normalized spacial score (nSPS) is 12.4. The van der Waals surface area contributed by atoms with E-state index in [1.807, 2.05) is 0 Å². The van der Waals surface area contributed by atoms with Gasteiger partial charge in [-0.3, -0.25) is 0 Å². The van der Waals surface area contributed by atoms with Crippen LogP contribution in [0.5, 0.6) is 0 Å². The van der Waals surface area contributed by atoms with E-state index in [2.05, 4.69) is 0 Å². The van der Waals surface area contributed by atoms with E-state index in [9.17, 15) is 26.3 Å². The van der Waals surface area contributed by atoms with Gasteiger partial charge in [-0.05, 0) is 35.4 Å². The van der Waals surface area contributed by atoms with Crippen molar-refractivity contribution >= 4 is 11.8 Å². The predicted molar refractivity (Wildman–Crippen MR) is 76.5 cm³/mol. The first kappa shape index (κ1) is 17.7. The van der Waals surface area contributed by atoms with Crippen LogP contribution in [0.2, 0.25) is 0 Å². The second kappa shape index (κ2) is 6.86. The molecule has 0 atom stereocenters. The molecule has 7 heteroatoms. The predicted octanol–water partition coefficient (Wildman–Crippen LogP) is 6.05. The van der Waals surface area contributed by atoms with Gasteiger partial charge in [-0.1, -0.05) is 36.0 Å². The largest absolute Gasteiger partial charge is 0.393 e. The van der Waals surface area contributed by atoms with Gasteiger partial charge in [0.2, 0.25) is 0 Å². The van der Waals surface area contributed by atoms with Crippen LogP contribution >= 0.6 is 11.8 Å². The summed E-state index contributed by atoms with van der Waals surface area (Å²) in [4.78, 5) is 1.44. The molecule has 0 bridgehead atoms. The van der Waals surface area contributed by atoms with Crippen LogP contribution in [0, 0.1) is 0 Å². The van der Waals surface area contributed by atoms with Gasteiger partial charge in [-0.25, -0.2) is 0 Å². The fourth-order valence-electron chi connectivity index (χ4n) is 1.95. The summed E-state index contributed by atoms with van der Waals surface area (Å²) in [6.07, 6.45) is -10.5. The standard InChI is InChI=1S/C16H12F6S/c17-15(18,19)9-11-1-5-13(6-2-11)23-14-7-3-12(4-8-14)10-16(20,21)22/h1-8H,9-10H2.